The maximum Gasteiger partial charge on any atom is 0.0168 e. The van der Waals surface area contributed by atoms with Crippen molar-refractivity contribution in [3.8, 4) is 0 Å². The summed E-state index contributed by atoms with van der Waals surface area (Å²) in [7, 11) is 0. The highest BCUT2D eigenvalue weighted by Gasteiger charge is 2.52. The monoisotopic (exact) mass is 630 g/mol. The van der Waals surface area contributed by atoms with E-state index in [2.05, 4.69) is 76.2 Å². The molecule has 4 saturated carbocycles. The SMILES string of the molecule is CC1CCCC(CN)C(C)CC(C)C(C2CCCC(C3CC(C4(S)CC(C)(C)CC(C)(C)C4)CCC3C)C2C)C(C)C(C)C1. The van der Waals surface area contributed by atoms with Crippen molar-refractivity contribution in [3.63, 3.8) is 0 Å². The molecule has 0 aromatic rings. The minimum atomic E-state index is 0.208. The Kier molecular flexibility index (Phi) is 12.5. The molecule has 0 aromatic heterocycles. The fourth-order valence-electron chi connectivity index (χ4n) is 13.4. The van der Waals surface area contributed by atoms with E-state index >= 15 is 0 Å². The largest absolute Gasteiger partial charge is 0.330 e. The Labute approximate surface area is 282 Å². The molecule has 0 radical (unpaired) electrons. The third-order valence-corrected chi connectivity index (χ3v) is 15.8. The van der Waals surface area contributed by atoms with Gasteiger partial charge in [0.2, 0.25) is 0 Å². The van der Waals surface area contributed by atoms with E-state index in [1.54, 1.807) is 0 Å². The topological polar surface area (TPSA) is 26.0 Å². The number of hydrogen-bond acceptors (Lipinski definition) is 2. The second-order valence-electron chi connectivity index (χ2n) is 20.1. The van der Waals surface area contributed by atoms with Gasteiger partial charge in [-0.2, -0.15) is 12.6 Å². The van der Waals surface area contributed by atoms with Gasteiger partial charge in [0.15, 0.2) is 0 Å². The first kappa shape index (κ1) is 37.1. The van der Waals surface area contributed by atoms with Crippen LogP contribution in [0.25, 0.3) is 0 Å². The van der Waals surface area contributed by atoms with E-state index < -0.39 is 0 Å². The molecule has 0 bridgehead atoms. The molecule has 4 rings (SSSR count). The molecule has 258 valence electrons. The highest BCUT2D eigenvalue weighted by molar-refractivity contribution is 7.81. The molecular formula is C42H79NS. The van der Waals surface area contributed by atoms with Gasteiger partial charge in [0.25, 0.3) is 0 Å². The van der Waals surface area contributed by atoms with E-state index in [1.165, 1.54) is 89.9 Å². The maximum atomic E-state index is 6.42. The number of hydrogen-bond donors (Lipinski definition) is 2. The molecule has 4 aliphatic rings. The molecule has 13 atom stereocenters. The Morgan fingerprint density at radius 2 is 1.18 bits per heavy atom. The van der Waals surface area contributed by atoms with Gasteiger partial charge in [0.05, 0.1) is 0 Å². The third kappa shape index (κ3) is 8.66. The van der Waals surface area contributed by atoms with E-state index in [4.69, 9.17) is 18.4 Å². The van der Waals surface area contributed by atoms with E-state index in [-0.39, 0.29) is 4.75 Å². The van der Waals surface area contributed by atoms with E-state index in [9.17, 15) is 0 Å². The maximum absolute atomic E-state index is 6.42. The lowest BCUT2D eigenvalue weighted by molar-refractivity contribution is -0.0264. The summed E-state index contributed by atoms with van der Waals surface area (Å²) in [5, 5.41) is 0. The summed E-state index contributed by atoms with van der Waals surface area (Å²) in [6.07, 6.45) is 19.5. The van der Waals surface area contributed by atoms with Crippen molar-refractivity contribution >= 4 is 12.6 Å². The summed E-state index contributed by atoms with van der Waals surface area (Å²) in [6, 6.07) is 0. The van der Waals surface area contributed by atoms with Crippen LogP contribution < -0.4 is 5.73 Å². The fourth-order valence-corrected chi connectivity index (χ4v) is 14.5. The molecule has 0 heterocycles. The Morgan fingerprint density at radius 1 is 0.568 bits per heavy atom. The Hall–Kier alpha value is 0.310. The van der Waals surface area contributed by atoms with Gasteiger partial charge in [-0.25, -0.2) is 0 Å². The first-order valence-corrected chi connectivity index (χ1v) is 20.3. The van der Waals surface area contributed by atoms with Crippen molar-refractivity contribution < 1.29 is 0 Å². The average Bonchev–Trinajstić information content (AvgIpc) is 2.89. The Balaban J connectivity index is 1.57. The molecule has 1 nitrogen and oxygen atoms in total. The average molecular weight is 630 g/mol. The highest BCUT2D eigenvalue weighted by atomic mass is 32.1. The quantitative estimate of drug-likeness (QED) is 0.297. The first-order chi connectivity index (χ1) is 20.5. The van der Waals surface area contributed by atoms with Gasteiger partial charge in [-0.15, -0.1) is 0 Å². The van der Waals surface area contributed by atoms with Crippen molar-refractivity contribution in [1.82, 2.24) is 0 Å². The van der Waals surface area contributed by atoms with Crippen LogP contribution in [-0.2, 0) is 0 Å². The van der Waals surface area contributed by atoms with Crippen LogP contribution >= 0.6 is 12.6 Å². The van der Waals surface area contributed by atoms with Crippen LogP contribution in [0.5, 0.6) is 0 Å². The first-order valence-electron chi connectivity index (χ1n) is 19.9. The molecular weight excluding hydrogens is 551 g/mol. The minimum Gasteiger partial charge on any atom is -0.330 e. The highest BCUT2D eigenvalue weighted by Crippen LogP contribution is 2.60. The Morgan fingerprint density at radius 3 is 1.82 bits per heavy atom. The lowest BCUT2D eigenvalue weighted by Crippen LogP contribution is -2.50. The van der Waals surface area contributed by atoms with Crippen LogP contribution in [0.15, 0.2) is 0 Å². The molecule has 0 spiro atoms. The van der Waals surface area contributed by atoms with Crippen molar-refractivity contribution in [3.05, 3.63) is 0 Å². The predicted molar refractivity (Wildman–Crippen MR) is 198 cm³/mol. The standard InChI is InChI=1S/C42H79NS/c1-27-14-12-15-34(23-43)30(4)21-31(5)39(32(6)29(3)20-27)37-17-13-16-36(33(37)7)38-22-35(19-18-28(38)2)42(44)25-40(8,9)24-41(10,11)26-42/h27-39,44H,12-26,43H2,1-11H3. The van der Waals surface area contributed by atoms with Crippen LogP contribution in [0.2, 0.25) is 0 Å². The molecule has 13 unspecified atom stereocenters. The number of thiol groups is 1. The number of nitrogens with two attached hydrogens (primary N) is 1. The van der Waals surface area contributed by atoms with Crippen LogP contribution in [0.1, 0.15) is 166 Å². The van der Waals surface area contributed by atoms with Crippen LogP contribution in [0, 0.1) is 87.8 Å². The third-order valence-electron chi connectivity index (χ3n) is 15.1. The Bertz CT molecular complexity index is 876. The molecule has 0 aromatic carbocycles. The summed E-state index contributed by atoms with van der Waals surface area (Å²) in [5.74, 6) is 10.7. The van der Waals surface area contributed by atoms with Gasteiger partial charge in [-0.1, -0.05) is 102 Å². The molecule has 0 saturated heterocycles. The van der Waals surface area contributed by atoms with Gasteiger partial charge >= 0.3 is 0 Å². The zero-order valence-electron chi connectivity index (χ0n) is 31.6. The van der Waals surface area contributed by atoms with Gasteiger partial charge in [-0.3, -0.25) is 0 Å². The molecule has 4 fully saturated rings. The molecule has 44 heavy (non-hydrogen) atoms. The molecule has 0 amide bonds. The van der Waals surface area contributed by atoms with Crippen molar-refractivity contribution in [2.24, 2.45) is 93.5 Å². The normalized spacial score (nSPS) is 47.2. The summed E-state index contributed by atoms with van der Waals surface area (Å²) in [5.41, 5.74) is 7.22. The summed E-state index contributed by atoms with van der Waals surface area (Å²) in [6.45, 7) is 29.4. The summed E-state index contributed by atoms with van der Waals surface area (Å²) >= 11 is 5.69. The number of rotatable bonds is 4. The molecule has 4 aliphatic carbocycles. The smallest absolute Gasteiger partial charge is 0.0168 e. The van der Waals surface area contributed by atoms with Crippen molar-refractivity contribution in [1.29, 1.82) is 0 Å². The zero-order chi connectivity index (χ0) is 32.6. The van der Waals surface area contributed by atoms with Crippen LogP contribution in [-0.4, -0.2) is 11.3 Å². The lowest BCUT2D eigenvalue weighted by Gasteiger charge is -2.56. The van der Waals surface area contributed by atoms with E-state index in [0.29, 0.717) is 16.7 Å². The van der Waals surface area contributed by atoms with Gasteiger partial charge in [0.1, 0.15) is 0 Å². The van der Waals surface area contributed by atoms with Crippen LogP contribution in [0.3, 0.4) is 0 Å². The molecule has 2 N–H and O–H groups in total. The fraction of sp³-hybridized carbons (Fsp3) is 1.00. The summed E-state index contributed by atoms with van der Waals surface area (Å²) in [4.78, 5) is 0. The van der Waals surface area contributed by atoms with Gasteiger partial charge in [0, 0.05) is 4.75 Å². The second-order valence-corrected chi connectivity index (χ2v) is 21.0. The van der Waals surface area contributed by atoms with Crippen molar-refractivity contribution in [2.75, 3.05) is 6.54 Å². The van der Waals surface area contributed by atoms with E-state index in [1.807, 2.05) is 0 Å². The van der Waals surface area contributed by atoms with E-state index in [0.717, 1.165) is 77.6 Å². The summed E-state index contributed by atoms with van der Waals surface area (Å²) < 4.78 is 0.208. The second kappa shape index (κ2) is 14.8. The predicted octanol–water partition coefficient (Wildman–Crippen LogP) is 12.3. The van der Waals surface area contributed by atoms with Crippen LogP contribution in [0.4, 0.5) is 0 Å². The van der Waals surface area contributed by atoms with Gasteiger partial charge < -0.3 is 5.73 Å². The van der Waals surface area contributed by atoms with Crippen molar-refractivity contribution in [2.45, 2.75) is 171 Å². The molecule has 2 heteroatoms. The lowest BCUT2D eigenvalue weighted by atomic mass is 9.52. The van der Waals surface area contributed by atoms with Gasteiger partial charge in [-0.05, 0) is 159 Å². The minimum absolute atomic E-state index is 0.208. The zero-order valence-corrected chi connectivity index (χ0v) is 32.5. The molecule has 0 aliphatic heterocycles.